The minimum absolute atomic E-state index is 0.281. The summed E-state index contributed by atoms with van der Waals surface area (Å²) in [5, 5.41) is 12.7. The van der Waals surface area contributed by atoms with Crippen LogP contribution in [0.4, 0.5) is 11.8 Å². The predicted octanol–water partition coefficient (Wildman–Crippen LogP) is 4.76. The van der Waals surface area contributed by atoms with E-state index in [1.807, 2.05) is 36.9 Å². The molecule has 0 saturated heterocycles. The molecule has 30 heavy (non-hydrogen) atoms. The van der Waals surface area contributed by atoms with Crippen molar-refractivity contribution in [3.05, 3.63) is 40.6 Å². The predicted molar refractivity (Wildman–Crippen MR) is 126 cm³/mol. The fourth-order valence-corrected chi connectivity index (χ4v) is 4.02. The van der Waals surface area contributed by atoms with Crippen LogP contribution in [0.2, 0.25) is 0 Å². The molecule has 1 atom stereocenters. The lowest BCUT2D eigenvalue weighted by atomic mass is 9.99. The van der Waals surface area contributed by atoms with Crippen molar-refractivity contribution >= 4 is 23.5 Å². The Hall–Kier alpha value is -2.46. The van der Waals surface area contributed by atoms with Gasteiger partial charge in [0.15, 0.2) is 0 Å². The molecular formula is C23H33N5OS. The summed E-state index contributed by atoms with van der Waals surface area (Å²) in [7, 11) is 1.66. The SMILES string of the molecule is CCCCC(CCSC)Nc1nc(N)nc(C)c1Cc1cc(CC#N)ccc1OC. The Morgan fingerprint density at radius 2 is 2.10 bits per heavy atom. The third-order valence-corrected chi connectivity index (χ3v) is 5.79. The number of unbranched alkanes of at least 4 members (excludes halogenated alkanes) is 1. The summed E-state index contributed by atoms with van der Waals surface area (Å²) >= 11 is 1.86. The molecule has 6 nitrogen and oxygen atoms in total. The van der Waals surface area contributed by atoms with Gasteiger partial charge in [0.1, 0.15) is 11.6 Å². The van der Waals surface area contributed by atoms with E-state index in [0.29, 0.717) is 18.9 Å². The van der Waals surface area contributed by atoms with E-state index in [2.05, 4.69) is 34.5 Å². The van der Waals surface area contributed by atoms with Crippen molar-refractivity contribution in [3.63, 3.8) is 0 Å². The van der Waals surface area contributed by atoms with Crippen LogP contribution in [-0.4, -0.2) is 35.1 Å². The summed E-state index contributed by atoms with van der Waals surface area (Å²) in [5.41, 5.74) is 9.85. The molecule has 1 heterocycles. The molecule has 162 valence electrons. The number of nitriles is 1. The highest BCUT2D eigenvalue weighted by Crippen LogP contribution is 2.28. The zero-order chi connectivity index (χ0) is 21.9. The summed E-state index contributed by atoms with van der Waals surface area (Å²) < 4.78 is 5.57. The Morgan fingerprint density at radius 1 is 1.30 bits per heavy atom. The van der Waals surface area contributed by atoms with Crippen LogP contribution in [-0.2, 0) is 12.8 Å². The molecule has 0 aliphatic rings. The molecule has 7 heteroatoms. The minimum atomic E-state index is 0.281. The van der Waals surface area contributed by atoms with E-state index in [9.17, 15) is 0 Å². The minimum Gasteiger partial charge on any atom is -0.496 e. The number of nitrogens with zero attached hydrogens (tertiary/aromatic N) is 3. The van der Waals surface area contributed by atoms with Crippen LogP contribution in [0.3, 0.4) is 0 Å². The number of anilines is 2. The molecule has 0 saturated carbocycles. The highest BCUT2D eigenvalue weighted by Gasteiger charge is 2.17. The lowest BCUT2D eigenvalue weighted by Crippen LogP contribution is -2.23. The Balaban J connectivity index is 2.38. The molecule has 2 aromatic rings. The van der Waals surface area contributed by atoms with E-state index in [1.165, 1.54) is 6.42 Å². The molecule has 2 rings (SSSR count). The van der Waals surface area contributed by atoms with E-state index in [1.54, 1.807) is 7.11 Å². The Labute approximate surface area is 184 Å². The monoisotopic (exact) mass is 427 g/mol. The second-order valence-corrected chi connectivity index (χ2v) is 8.40. The van der Waals surface area contributed by atoms with Crippen molar-refractivity contribution in [2.24, 2.45) is 0 Å². The van der Waals surface area contributed by atoms with Crippen molar-refractivity contribution < 1.29 is 4.74 Å². The first kappa shape index (κ1) is 23.8. The van der Waals surface area contributed by atoms with Crippen LogP contribution in [0.15, 0.2) is 18.2 Å². The largest absolute Gasteiger partial charge is 0.496 e. The van der Waals surface area contributed by atoms with Gasteiger partial charge in [-0.25, -0.2) is 4.98 Å². The maximum atomic E-state index is 9.06. The number of methoxy groups -OCH3 is 1. The summed E-state index contributed by atoms with van der Waals surface area (Å²) in [6.45, 7) is 4.18. The molecule has 1 unspecified atom stereocenters. The van der Waals surface area contributed by atoms with Crippen LogP contribution in [0.1, 0.15) is 55.0 Å². The van der Waals surface area contributed by atoms with Gasteiger partial charge >= 0.3 is 0 Å². The lowest BCUT2D eigenvalue weighted by Gasteiger charge is -2.22. The van der Waals surface area contributed by atoms with Gasteiger partial charge in [-0.2, -0.15) is 22.0 Å². The number of rotatable bonds is 12. The molecule has 3 N–H and O–H groups in total. The molecule has 0 amide bonds. The van der Waals surface area contributed by atoms with Gasteiger partial charge in [-0.15, -0.1) is 0 Å². The van der Waals surface area contributed by atoms with Crippen molar-refractivity contribution in [3.8, 4) is 11.8 Å². The zero-order valence-corrected chi connectivity index (χ0v) is 19.3. The number of hydrogen-bond acceptors (Lipinski definition) is 7. The first-order chi connectivity index (χ1) is 14.5. The van der Waals surface area contributed by atoms with Crippen LogP contribution >= 0.6 is 11.8 Å². The second kappa shape index (κ2) is 12.3. The van der Waals surface area contributed by atoms with Gasteiger partial charge in [0, 0.05) is 23.7 Å². The first-order valence-electron chi connectivity index (χ1n) is 10.4. The normalized spacial score (nSPS) is 11.7. The number of nitrogen functional groups attached to an aromatic ring is 1. The number of benzene rings is 1. The van der Waals surface area contributed by atoms with Crippen molar-refractivity contribution in [1.29, 1.82) is 5.26 Å². The van der Waals surface area contributed by atoms with Gasteiger partial charge in [-0.1, -0.05) is 31.9 Å². The summed E-state index contributed by atoms with van der Waals surface area (Å²) in [6.07, 6.45) is 7.62. The second-order valence-electron chi connectivity index (χ2n) is 7.42. The summed E-state index contributed by atoms with van der Waals surface area (Å²) in [4.78, 5) is 8.96. The summed E-state index contributed by atoms with van der Waals surface area (Å²) in [5.74, 6) is 2.97. The number of ether oxygens (including phenoxy) is 1. The lowest BCUT2D eigenvalue weighted by molar-refractivity contribution is 0.410. The average Bonchev–Trinajstić information content (AvgIpc) is 2.72. The number of hydrogen-bond donors (Lipinski definition) is 2. The van der Waals surface area contributed by atoms with Gasteiger partial charge in [-0.3, -0.25) is 0 Å². The first-order valence-corrected chi connectivity index (χ1v) is 11.8. The molecule has 0 spiro atoms. The maximum absolute atomic E-state index is 9.06. The van der Waals surface area contributed by atoms with Gasteiger partial charge in [0.2, 0.25) is 5.95 Å². The third-order valence-electron chi connectivity index (χ3n) is 5.14. The molecule has 0 fully saturated rings. The van der Waals surface area contributed by atoms with Crippen molar-refractivity contribution in [2.45, 2.75) is 58.4 Å². The fraction of sp³-hybridized carbons (Fsp3) is 0.522. The zero-order valence-electron chi connectivity index (χ0n) is 18.5. The number of nitrogens with one attached hydrogen (secondary N) is 1. The van der Waals surface area contributed by atoms with Crippen molar-refractivity contribution in [2.75, 3.05) is 30.2 Å². The smallest absolute Gasteiger partial charge is 0.222 e. The Morgan fingerprint density at radius 3 is 2.77 bits per heavy atom. The Bertz CT molecular complexity index is 857. The van der Waals surface area contributed by atoms with E-state index in [0.717, 1.165) is 59.0 Å². The molecule has 0 aliphatic carbocycles. The topological polar surface area (TPSA) is 96.9 Å². The van der Waals surface area contributed by atoms with E-state index < -0.39 is 0 Å². The number of thioether (sulfide) groups is 1. The molecule has 1 aromatic carbocycles. The van der Waals surface area contributed by atoms with E-state index >= 15 is 0 Å². The van der Waals surface area contributed by atoms with Crippen LogP contribution in [0, 0.1) is 18.3 Å². The third kappa shape index (κ3) is 6.81. The Kier molecular flexibility index (Phi) is 9.75. The van der Waals surface area contributed by atoms with Gasteiger partial charge in [0.05, 0.1) is 19.6 Å². The van der Waals surface area contributed by atoms with Gasteiger partial charge in [0.25, 0.3) is 0 Å². The molecule has 0 radical (unpaired) electrons. The molecule has 0 aliphatic heterocycles. The maximum Gasteiger partial charge on any atom is 0.222 e. The quantitative estimate of drug-likeness (QED) is 0.504. The molecular weight excluding hydrogens is 394 g/mol. The number of aromatic nitrogens is 2. The number of aryl methyl sites for hydroxylation is 1. The van der Waals surface area contributed by atoms with E-state index in [4.69, 9.17) is 15.7 Å². The highest BCUT2D eigenvalue weighted by atomic mass is 32.2. The highest BCUT2D eigenvalue weighted by molar-refractivity contribution is 7.98. The van der Waals surface area contributed by atoms with Crippen molar-refractivity contribution in [1.82, 2.24) is 9.97 Å². The van der Waals surface area contributed by atoms with Crippen LogP contribution in [0.25, 0.3) is 0 Å². The number of nitrogens with two attached hydrogens (primary N) is 1. The summed E-state index contributed by atoms with van der Waals surface area (Å²) in [6, 6.07) is 8.44. The molecule has 0 bridgehead atoms. The van der Waals surface area contributed by atoms with Crippen LogP contribution < -0.4 is 15.8 Å². The standard InChI is InChI=1S/C23H33N5OS/c1-5-6-7-19(11-13-30-4)27-22-20(16(2)26-23(25)28-22)15-18-14-17(10-12-24)8-9-21(18)29-3/h8-9,14,19H,5-7,10-11,13,15H2,1-4H3,(H3,25,26,27,28). The molecule has 1 aromatic heterocycles. The van der Waals surface area contributed by atoms with Gasteiger partial charge in [-0.05, 0) is 49.0 Å². The fourth-order valence-electron chi connectivity index (χ4n) is 3.50. The average molecular weight is 428 g/mol. The van der Waals surface area contributed by atoms with E-state index in [-0.39, 0.29) is 5.95 Å². The van der Waals surface area contributed by atoms with Gasteiger partial charge < -0.3 is 15.8 Å². The van der Waals surface area contributed by atoms with Crippen LogP contribution in [0.5, 0.6) is 5.75 Å².